The van der Waals surface area contributed by atoms with Gasteiger partial charge in [0.15, 0.2) is 0 Å². The standard InChI is InChI=1S/C18H24O.C3H8.C2H6.C2H4/c1-18-11-10-14-13-5-3-2-4-12(13)6-7-15(14)16(18)8-9-17(18)19;1-3-2;2*1-2/h2-5,14-17,19H,6-11H2,1H3;3H2,1-2H3;1-2H3;1-2H2. The molecule has 0 bridgehead atoms. The maximum absolute atomic E-state index is 10.4. The van der Waals surface area contributed by atoms with Crippen molar-refractivity contribution in [3.63, 3.8) is 0 Å². The van der Waals surface area contributed by atoms with Crippen LogP contribution in [0.25, 0.3) is 0 Å². The Morgan fingerprint density at radius 2 is 1.65 bits per heavy atom. The van der Waals surface area contributed by atoms with E-state index in [-0.39, 0.29) is 11.5 Å². The second-order valence-electron chi connectivity index (χ2n) is 7.96. The van der Waals surface area contributed by atoms with Gasteiger partial charge in [-0.2, -0.15) is 0 Å². The van der Waals surface area contributed by atoms with Crippen LogP contribution < -0.4 is 0 Å². The fourth-order valence-electron chi connectivity index (χ4n) is 5.49. The summed E-state index contributed by atoms with van der Waals surface area (Å²) in [5.41, 5.74) is 3.43. The molecule has 1 nitrogen and oxygen atoms in total. The molecule has 0 spiro atoms. The highest BCUT2D eigenvalue weighted by atomic mass is 16.3. The lowest BCUT2D eigenvalue weighted by Crippen LogP contribution is -2.43. The Labute approximate surface area is 162 Å². The molecule has 0 aromatic heterocycles. The van der Waals surface area contributed by atoms with E-state index in [9.17, 15) is 5.11 Å². The van der Waals surface area contributed by atoms with Gasteiger partial charge in [0.25, 0.3) is 0 Å². The van der Waals surface area contributed by atoms with E-state index in [4.69, 9.17) is 0 Å². The van der Waals surface area contributed by atoms with E-state index < -0.39 is 0 Å². The van der Waals surface area contributed by atoms with Crippen LogP contribution in [0.1, 0.15) is 90.2 Å². The molecule has 5 atom stereocenters. The second kappa shape index (κ2) is 10.9. The Bertz CT molecular complexity index is 523. The average Bonchev–Trinajstić information content (AvgIpc) is 3.00. The summed E-state index contributed by atoms with van der Waals surface area (Å²) in [6, 6.07) is 9.08. The Balaban J connectivity index is 0.000000431. The average molecular weight is 359 g/mol. The molecule has 4 rings (SSSR count). The summed E-state index contributed by atoms with van der Waals surface area (Å²) in [4.78, 5) is 0. The van der Waals surface area contributed by atoms with E-state index in [1.807, 2.05) is 13.8 Å². The first-order valence-electron chi connectivity index (χ1n) is 10.9. The zero-order valence-corrected chi connectivity index (χ0v) is 17.9. The number of rotatable bonds is 0. The minimum atomic E-state index is -0.0457. The van der Waals surface area contributed by atoms with Crippen LogP contribution in [0.4, 0.5) is 0 Å². The molecule has 2 fully saturated rings. The minimum Gasteiger partial charge on any atom is -0.393 e. The van der Waals surface area contributed by atoms with Gasteiger partial charge in [0.1, 0.15) is 0 Å². The number of hydrogen-bond donors (Lipinski definition) is 1. The second-order valence-corrected chi connectivity index (χ2v) is 7.96. The van der Waals surface area contributed by atoms with Gasteiger partial charge in [0.2, 0.25) is 0 Å². The molecule has 3 aliphatic rings. The van der Waals surface area contributed by atoms with Gasteiger partial charge in [-0.25, -0.2) is 0 Å². The van der Waals surface area contributed by atoms with Crippen molar-refractivity contribution < 1.29 is 5.11 Å². The van der Waals surface area contributed by atoms with Crippen LogP contribution in [-0.4, -0.2) is 11.2 Å². The Hall–Kier alpha value is -1.08. The molecule has 0 radical (unpaired) electrons. The maximum atomic E-state index is 10.4. The first-order valence-corrected chi connectivity index (χ1v) is 10.9. The minimum absolute atomic E-state index is 0.0457. The third-order valence-electron chi connectivity index (χ3n) is 6.59. The molecule has 0 heterocycles. The molecule has 1 aromatic rings. The van der Waals surface area contributed by atoms with Gasteiger partial charge in [-0.1, -0.05) is 65.3 Å². The first-order chi connectivity index (χ1) is 12.6. The van der Waals surface area contributed by atoms with E-state index >= 15 is 0 Å². The molecule has 0 amide bonds. The predicted molar refractivity (Wildman–Crippen MR) is 116 cm³/mol. The highest BCUT2D eigenvalue weighted by molar-refractivity contribution is 5.34. The van der Waals surface area contributed by atoms with Crippen molar-refractivity contribution >= 4 is 0 Å². The van der Waals surface area contributed by atoms with Crippen molar-refractivity contribution in [1.82, 2.24) is 0 Å². The molecule has 0 saturated heterocycles. The topological polar surface area (TPSA) is 20.2 Å². The number of fused-ring (bicyclic) bond motifs is 5. The van der Waals surface area contributed by atoms with E-state index in [1.165, 1.54) is 38.5 Å². The van der Waals surface area contributed by atoms with Gasteiger partial charge in [-0.3, -0.25) is 0 Å². The fraction of sp³-hybridized carbons (Fsp3) is 0.680. The smallest absolute Gasteiger partial charge is 0.0596 e. The molecule has 2 saturated carbocycles. The molecule has 1 heteroatoms. The summed E-state index contributed by atoms with van der Waals surface area (Å²) >= 11 is 0. The van der Waals surface area contributed by atoms with Gasteiger partial charge in [0.05, 0.1) is 6.10 Å². The number of aliphatic hydroxyl groups excluding tert-OH is 1. The van der Waals surface area contributed by atoms with E-state index in [0.29, 0.717) is 0 Å². The Kier molecular flexibility index (Phi) is 9.64. The van der Waals surface area contributed by atoms with Crippen molar-refractivity contribution in [3.8, 4) is 0 Å². The van der Waals surface area contributed by atoms with Crippen molar-refractivity contribution in [2.75, 3.05) is 0 Å². The number of hydrogen-bond acceptors (Lipinski definition) is 1. The van der Waals surface area contributed by atoms with Gasteiger partial charge >= 0.3 is 0 Å². The normalized spacial score (nSPS) is 33.5. The van der Waals surface area contributed by atoms with Crippen LogP contribution in [0.3, 0.4) is 0 Å². The lowest BCUT2D eigenvalue weighted by atomic mass is 9.55. The molecule has 1 aromatic carbocycles. The highest BCUT2D eigenvalue weighted by Gasteiger charge is 2.54. The Morgan fingerprint density at radius 3 is 2.31 bits per heavy atom. The molecule has 26 heavy (non-hydrogen) atoms. The van der Waals surface area contributed by atoms with Crippen LogP contribution in [0.15, 0.2) is 37.4 Å². The predicted octanol–water partition coefficient (Wildman–Crippen LogP) is 7.15. The van der Waals surface area contributed by atoms with Crippen LogP contribution >= 0.6 is 0 Å². The summed E-state index contributed by atoms with van der Waals surface area (Å²) in [7, 11) is 0. The van der Waals surface area contributed by atoms with Crippen molar-refractivity contribution in [2.45, 2.75) is 91.6 Å². The van der Waals surface area contributed by atoms with Crippen molar-refractivity contribution in [3.05, 3.63) is 48.6 Å². The number of aryl methyl sites for hydroxylation is 1. The van der Waals surface area contributed by atoms with Gasteiger partial charge < -0.3 is 5.11 Å². The molecule has 0 aliphatic heterocycles. The largest absolute Gasteiger partial charge is 0.393 e. The first kappa shape index (κ1) is 23.0. The zero-order valence-electron chi connectivity index (χ0n) is 17.9. The lowest BCUT2D eigenvalue weighted by Gasteiger charge is -2.50. The van der Waals surface area contributed by atoms with Gasteiger partial charge in [-0.05, 0) is 72.8 Å². The quantitative estimate of drug-likeness (QED) is 0.488. The Morgan fingerprint density at radius 1 is 1.04 bits per heavy atom. The molecular weight excluding hydrogens is 316 g/mol. The monoisotopic (exact) mass is 358 g/mol. The highest BCUT2D eigenvalue weighted by Crippen LogP contribution is 2.60. The fourth-order valence-corrected chi connectivity index (χ4v) is 5.49. The van der Waals surface area contributed by atoms with Crippen molar-refractivity contribution in [2.24, 2.45) is 17.3 Å². The summed E-state index contributed by atoms with van der Waals surface area (Å²) in [5.74, 6) is 2.36. The van der Waals surface area contributed by atoms with Crippen LogP contribution in [0, 0.1) is 17.3 Å². The van der Waals surface area contributed by atoms with Crippen LogP contribution in [-0.2, 0) is 6.42 Å². The molecular formula is C25H42O. The summed E-state index contributed by atoms with van der Waals surface area (Å²) in [6.45, 7) is 16.6. The molecule has 1 N–H and O–H groups in total. The van der Waals surface area contributed by atoms with E-state index in [1.54, 1.807) is 11.1 Å². The summed E-state index contributed by atoms with van der Waals surface area (Å²) in [6.07, 6.45) is 8.58. The third-order valence-corrected chi connectivity index (χ3v) is 6.59. The van der Waals surface area contributed by atoms with Crippen LogP contribution in [0.5, 0.6) is 0 Å². The molecule has 3 aliphatic carbocycles. The van der Waals surface area contributed by atoms with Crippen LogP contribution in [0.2, 0.25) is 0 Å². The maximum Gasteiger partial charge on any atom is 0.0596 e. The van der Waals surface area contributed by atoms with E-state index in [2.05, 4.69) is 58.2 Å². The summed E-state index contributed by atoms with van der Waals surface area (Å²) in [5, 5.41) is 10.4. The van der Waals surface area contributed by atoms with E-state index in [0.717, 1.165) is 24.2 Å². The zero-order chi connectivity index (χ0) is 19.7. The van der Waals surface area contributed by atoms with Gasteiger partial charge in [-0.15, -0.1) is 13.2 Å². The molecule has 5 unspecified atom stereocenters. The summed E-state index contributed by atoms with van der Waals surface area (Å²) < 4.78 is 0. The number of aliphatic hydroxyl groups is 1. The van der Waals surface area contributed by atoms with Gasteiger partial charge in [0, 0.05) is 0 Å². The lowest BCUT2D eigenvalue weighted by molar-refractivity contribution is -0.0226. The third kappa shape index (κ3) is 4.42. The SMILES string of the molecule is C=C.CC.CC12CCC3c4ccccc4CCC3C1CCC2O.CCC. The van der Waals surface area contributed by atoms with Crippen molar-refractivity contribution in [1.29, 1.82) is 0 Å². The number of benzene rings is 1. The molecule has 148 valence electrons.